The second kappa shape index (κ2) is 6.08. The van der Waals surface area contributed by atoms with Crippen LogP contribution in [0.5, 0.6) is 0 Å². The van der Waals surface area contributed by atoms with Crippen molar-refractivity contribution >= 4 is 5.91 Å². The zero-order valence-electron chi connectivity index (χ0n) is 15.6. The minimum Gasteiger partial charge on any atom is -0.424 e. The quantitative estimate of drug-likeness (QED) is 0.791. The van der Waals surface area contributed by atoms with E-state index in [1.165, 1.54) is 6.42 Å². The van der Waals surface area contributed by atoms with E-state index in [4.69, 9.17) is 9.15 Å². The highest BCUT2D eigenvalue weighted by atomic mass is 16.5. The molecule has 138 valence electrons. The van der Waals surface area contributed by atoms with Crippen LogP contribution in [0, 0.1) is 11.3 Å². The third-order valence-corrected chi connectivity index (χ3v) is 6.46. The number of carbonyl (C=O) groups excluding carboxylic acids is 1. The van der Waals surface area contributed by atoms with Gasteiger partial charge in [-0.3, -0.25) is 4.79 Å². The van der Waals surface area contributed by atoms with E-state index in [-0.39, 0.29) is 11.3 Å². The largest absolute Gasteiger partial charge is 0.424 e. The summed E-state index contributed by atoms with van der Waals surface area (Å²) in [6, 6.07) is 0. The number of hydrogen-bond donors (Lipinski definition) is 0. The Kier molecular flexibility index (Phi) is 4.13. The Bertz CT molecular complexity index is 652. The van der Waals surface area contributed by atoms with Gasteiger partial charge in [-0.2, -0.15) is 0 Å². The molecule has 1 saturated heterocycles. The number of aromatic nitrogens is 2. The van der Waals surface area contributed by atoms with E-state index < -0.39 is 5.41 Å². The Balaban J connectivity index is 1.54. The first kappa shape index (κ1) is 17.0. The maximum Gasteiger partial charge on any atom is 0.228 e. The lowest BCUT2D eigenvalue weighted by molar-refractivity contribution is -0.140. The van der Waals surface area contributed by atoms with Gasteiger partial charge in [0.05, 0.1) is 5.41 Å². The summed E-state index contributed by atoms with van der Waals surface area (Å²) in [7, 11) is 1.68. The number of carbonyl (C=O) groups is 1. The van der Waals surface area contributed by atoms with Gasteiger partial charge in [-0.1, -0.05) is 20.3 Å². The van der Waals surface area contributed by atoms with Crippen LogP contribution in [0.25, 0.3) is 0 Å². The molecule has 1 aliphatic heterocycles. The third kappa shape index (κ3) is 2.88. The van der Waals surface area contributed by atoms with Gasteiger partial charge in [0, 0.05) is 38.1 Å². The van der Waals surface area contributed by atoms with Crippen molar-refractivity contribution in [1.82, 2.24) is 15.1 Å². The van der Waals surface area contributed by atoms with E-state index in [0.717, 1.165) is 57.0 Å². The molecule has 1 amide bonds. The van der Waals surface area contributed by atoms with Gasteiger partial charge in [0.1, 0.15) is 0 Å². The molecule has 2 saturated carbocycles. The van der Waals surface area contributed by atoms with Gasteiger partial charge in [-0.05, 0) is 38.0 Å². The van der Waals surface area contributed by atoms with Crippen molar-refractivity contribution in [3.05, 3.63) is 11.8 Å². The molecular formula is C19H29N3O3. The monoisotopic (exact) mass is 347 g/mol. The molecule has 4 rings (SSSR count). The molecule has 25 heavy (non-hydrogen) atoms. The molecule has 6 nitrogen and oxygen atoms in total. The van der Waals surface area contributed by atoms with Crippen LogP contribution in [0.3, 0.4) is 0 Å². The van der Waals surface area contributed by atoms with E-state index in [0.29, 0.717) is 18.4 Å². The minimum atomic E-state index is -0.399. The standard InChI is InChI=1S/C19H29N3O3/c1-18(2,9-10-24-3)17(23)22-11-14-5-4-8-19(14,12-22)16-21-20-15(25-16)13-6-7-13/h13-14H,4-12H2,1-3H3/t14-,19-/m0/s1. The lowest BCUT2D eigenvalue weighted by Gasteiger charge is -2.30. The van der Waals surface area contributed by atoms with Crippen LogP contribution in [-0.4, -0.2) is 47.8 Å². The summed E-state index contributed by atoms with van der Waals surface area (Å²) >= 11 is 0. The van der Waals surface area contributed by atoms with Gasteiger partial charge in [0.2, 0.25) is 17.7 Å². The van der Waals surface area contributed by atoms with Gasteiger partial charge in [0.15, 0.2) is 0 Å². The Morgan fingerprint density at radius 3 is 2.88 bits per heavy atom. The molecule has 2 heterocycles. The molecule has 1 aromatic heterocycles. The first-order chi connectivity index (χ1) is 12.0. The van der Waals surface area contributed by atoms with Crippen LogP contribution in [0.2, 0.25) is 0 Å². The molecule has 0 spiro atoms. The molecule has 6 heteroatoms. The van der Waals surface area contributed by atoms with Crippen molar-refractivity contribution in [3.8, 4) is 0 Å². The Hall–Kier alpha value is -1.43. The predicted octanol–water partition coefficient (Wildman–Crippen LogP) is 2.89. The van der Waals surface area contributed by atoms with Crippen molar-refractivity contribution < 1.29 is 13.9 Å². The maximum atomic E-state index is 13.1. The fourth-order valence-corrected chi connectivity index (χ4v) is 4.62. The fourth-order valence-electron chi connectivity index (χ4n) is 4.62. The molecule has 1 aromatic rings. The van der Waals surface area contributed by atoms with E-state index in [1.807, 2.05) is 18.7 Å². The van der Waals surface area contributed by atoms with E-state index in [2.05, 4.69) is 10.2 Å². The first-order valence-corrected chi connectivity index (χ1v) is 9.58. The summed E-state index contributed by atoms with van der Waals surface area (Å²) < 4.78 is 11.3. The third-order valence-electron chi connectivity index (χ3n) is 6.46. The number of rotatable bonds is 6. The summed E-state index contributed by atoms with van der Waals surface area (Å²) in [5, 5.41) is 8.72. The predicted molar refractivity (Wildman–Crippen MR) is 92.1 cm³/mol. The average Bonchev–Trinajstić information content (AvgIpc) is 3.03. The zero-order valence-corrected chi connectivity index (χ0v) is 15.6. The molecule has 2 aliphatic carbocycles. The normalized spacial score (nSPS) is 29.2. The lowest BCUT2D eigenvalue weighted by Crippen LogP contribution is -2.42. The van der Waals surface area contributed by atoms with Crippen LogP contribution >= 0.6 is 0 Å². The molecule has 0 unspecified atom stereocenters. The maximum absolute atomic E-state index is 13.1. The van der Waals surface area contributed by atoms with Crippen LogP contribution in [-0.2, 0) is 14.9 Å². The van der Waals surface area contributed by atoms with Crippen LogP contribution < -0.4 is 0 Å². The number of methoxy groups -OCH3 is 1. The fraction of sp³-hybridized carbons (Fsp3) is 0.842. The Labute approximate surface area is 149 Å². The van der Waals surface area contributed by atoms with Gasteiger partial charge in [0.25, 0.3) is 0 Å². The highest BCUT2D eigenvalue weighted by Crippen LogP contribution is 2.51. The SMILES string of the molecule is COCCC(C)(C)C(=O)N1C[C@@H]2CCC[C@]2(c2nnc(C3CC3)o2)C1. The highest BCUT2D eigenvalue weighted by molar-refractivity contribution is 5.82. The Morgan fingerprint density at radius 2 is 2.16 bits per heavy atom. The lowest BCUT2D eigenvalue weighted by atomic mass is 9.80. The molecule has 2 atom stereocenters. The number of ether oxygens (including phenoxy) is 1. The van der Waals surface area contributed by atoms with Gasteiger partial charge in [-0.25, -0.2) is 0 Å². The second-order valence-corrected chi connectivity index (χ2v) is 8.78. The molecule has 0 N–H and O–H groups in total. The van der Waals surface area contributed by atoms with Crippen LogP contribution in [0.15, 0.2) is 4.42 Å². The smallest absolute Gasteiger partial charge is 0.228 e. The van der Waals surface area contributed by atoms with Crippen LogP contribution in [0.4, 0.5) is 0 Å². The summed E-state index contributed by atoms with van der Waals surface area (Å²) in [5.41, 5.74) is -0.517. The van der Waals surface area contributed by atoms with E-state index >= 15 is 0 Å². The number of amides is 1. The zero-order chi connectivity index (χ0) is 17.7. The number of hydrogen-bond acceptors (Lipinski definition) is 5. The van der Waals surface area contributed by atoms with Crippen LogP contribution in [0.1, 0.15) is 70.1 Å². The molecular weight excluding hydrogens is 318 g/mol. The Morgan fingerprint density at radius 1 is 1.36 bits per heavy atom. The minimum absolute atomic E-state index is 0.118. The molecule has 0 radical (unpaired) electrons. The van der Waals surface area contributed by atoms with E-state index in [9.17, 15) is 4.79 Å². The number of fused-ring (bicyclic) bond motifs is 1. The van der Waals surface area contributed by atoms with Gasteiger partial charge < -0.3 is 14.1 Å². The summed E-state index contributed by atoms with van der Waals surface area (Å²) in [6.45, 7) is 6.19. The first-order valence-electron chi connectivity index (χ1n) is 9.58. The van der Waals surface area contributed by atoms with Crippen molar-refractivity contribution in [2.45, 2.75) is 63.7 Å². The number of nitrogens with zero attached hydrogens (tertiary/aromatic N) is 3. The second-order valence-electron chi connectivity index (χ2n) is 8.78. The molecule has 3 fully saturated rings. The molecule has 0 bridgehead atoms. The highest BCUT2D eigenvalue weighted by Gasteiger charge is 2.56. The number of likely N-dealkylation sites (tertiary alicyclic amines) is 1. The molecule has 0 aromatic carbocycles. The van der Waals surface area contributed by atoms with Crippen molar-refractivity contribution in [2.75, 3.05) is 26.8 Å². The topological polar surface area (TPSA) is 68.5 Å². The van der Waals surface area contributed by atoms with Crippen molar-refractivity contribution in [1.29, 1.82) is 0 Å². The van der Waals surface area contributed by atoms with E-state index in [1.54, 1.807) is 7.11 Å². The van der Waals surface area contributed by atoms with Crippen molar-refractivity contribution in [2.24, 2.45) is 11.3 Å². The van der Waals surface area contributed by atoms with Gasteiger partial charge in [-0.15, -0.1) is 10.2 Å². The average molecular weight is 347 g/mol. The molecule has 3 aliphatic rings. The summed E-state index contributed by atoms with van der Waals surface area (Å²) in [5.74, 6) is 2.73. The summed E-state index contributed by atoms with van der Waals surface area (Å²) in [4.78, 5) is 15.1. The van der Waals surface area contributed by atoms with Gasteiger partial charge >= 0.3 is 0 Å². The summed E-state index contributed by atoms with van der Waals surface area (Å²) in [6.07, 6.45) is 6.44. The van der Waals surface area contributed by atoms with Crippen molar-refractivity contribution in [3.63, 3.8) is 0 Å².